The second-order valence-electron chi connectivity index (χ2n) is 3.01. The molecule has 1 saturated carbocycles. The number of carbonyl (C=O) groups is 2. The Hall–Kier alpha value is -1.44. The smallest absolute Gasteiger partial charge is 0.354 e. The molecule has 0 aliphatic heterocycles. The maximum Gasteiger partial charge on any atom is 0.354 e. The molecule has 2 atom stereocenters. The molecule has 0 heterocycles. The first-order valence-electron chi connectivity index (χ1n) is 4.25. The van der Waals surface area contributed by atoms with Crippen LogP contribution in [-0.4, -0.2) is 24.4 Å². The lowest BCUT2D eigenvalue weighted by Gasteiger charge is -1.98. The monoisotopic (exact) mass is 183 g/mol. The fraction of sp³-hybridized carbons (Fsp3) is 0.750. The van der Waals surface area contributed by atoms with E-state index < -0.39 is 0 Å². The number of hydrogen-bond acceptors (Lipinski definition) is 4. The van der Waals surface area contributed by atoms with Crippen molar-refractivity contribution in [2.75, 3.05) is 0 Å². The number of aldehydes is 1. The summed E-state index contributed by atoms with van der Waals surface area (Å²) < 4.78 is 4.90. The van der Waals surface area contributed by atoms with Crippen LogP contribution in [0, 0.1) is 5.39 Å². The van der Waals surface area contributed by atoms with Crippen LogP contribution in [0.5, 0.6) is 0 Å². The number of rotatable bonds is 5. The van der Waals surface area contributed by atoms with Crippen molar-refractivity contribution in [3.63, 3.8) is 0 Å². The molecule has 0 amide bonds. The van der Waals surface area contributed by atoms with Crippen LogP contribution < -0.4 is 0 Å². The Kier molecular flexibility index (Phi) is 3.38. The van der Waals surface area contributed by atoms with Gasteiger partial charge in [0.1, 0.15) is 11.3 Å². The first-order chi connectivity index (χ1) is 6.27. The minimum Gasteiger partial charge on any atom is -0.453 e. The number of unbranched alkanes of at least 4 members (excludes halogenated alkanes) is 1. The van der Waals surface area contributed by atoms with E-state index in [0.717, 1.165) is 6.29 Å². The highest BCUT2D eigenvalue weighted by Crippen LogP contribution is 2.29. The minimum absolute atomic E-state index is 0.227. The lowest BCUT2D eigenvalue weighted by molar-refractivity contribution is -0.145. The molecule has 5 nitrogen and oxygen atoms in total. The molecule has 0 bridgehead atoms. The summed E-state index contributed by atoms with van der Waals surface area (Å²) in [5.74, 6) is -0.321. The van der Waals surface area contributed by atoms with Crippen LogP contribution in [0.3, 0.4) is 0 Å². The highest BCUT2D eigenvalue weighted by molar-refractivity contribution is 5.70. The highest BCUT2D eigenvalue weighted by atomic mass is 16.5. The molecule has 1 rings (SSSR count). The van der Waals surface area contributed by atoms with Gasteiger partial charge in [-0.1, -0.05) is 0 Å². The van der Waals surface area contributed by atoms with E-state index in [1.54, 1.807) is 0 Å². The van der Waals surface area contributed by atoms with E-state index in [-0.39, 0.29) is 24.5 Å². The van der Waals surface area contributed by atoms with E-state index >= 15 is 0 Å². The largest absolute Gasteiger partial charge is 0.453 e. The molecule has 0 aromatic rings. The van der Waals surface area contributed by atoms with E-state index in [2.05, 4.69) is 4.98 Å². The van der Waals surface area contributed by atoms with Crippen molar-refractivity contribution in [1.29, 1.82) is 5.39 Å². The Balaban J connectivity index is 2.06. The average Bonchev–Trinajstić information content (AvgIpc) is 2.84. The Morgan fingerprint density at radius 2 is 2.46 bits per heavy atom. The van der Waals surface area contributed by atoms with Crippen LogP contribution in [-0.2, 0) is 14.3 Å². The van der Waals surface area contributed by atoms with Gasteiger partial charge in [0.15, 0.2) is 6.10 Å². The van der Waals surface area contributed by atoms with Gasteiger partial charge in [0.25, 0.3) is 0 Å². The molecule has 1 aliphatic carbocycles. The Morgan fingerprint density at radius 3 is 3.00 bits per heavy atom. The van der Waals surface area contributed by atoms with Crippen LogP contribution >= 0.6 is 0 Å². The predicted molar refractivity (Wildman–Crippen MR) is 43.3 cm³/mol. The third kappa shape index (κ3) is 3.20. The fourth-order valence-electron chi connectivity index (χ4n) is 0.965. The van der Waals surface area contributed by atoms with Gasteiger partial charge in [0.05, 0.1) is 6.42 Å². The van der Waals surface area contributed by atoms with Gasteiger partial charge in [-0.3, -0.25) is 4.79 Å². The van der Waals surface area contributed by atoms with Gasteiger partial charge in [-0.25, -0.2) is 0 Å². The summed E-state index contributed by atoms with van der Waals surface area (Å²) >= 11 is 0. The topological polar surface area (TPSA) is 71.5 Å². The van der Waals surface area contributed by atoms with Crippen molar-refractivity contribution in [3.05, 3.63) is 4.98 Å². The summed E-state index contributed by atoms with van der Waals surface area (Å²) in [7, 11) is 0. The zero-order valence-electron chi connectivity index (χ0n) is 7.18. The second-order valence-corrected chi connectivity index (χ2v) is 3.01. The molecule has 70 valence electrons. The normalized spacial score (nSPS) is 24.5. The molecule has 13 heavy (non-hydrogen) atoms. The summed E-state index contributed by atoms with van der Waals surface area (Å²) in [6.07, 6.45) is 2.30. The van der Waals surface area contributed by atoms with Gasteiger partial charge in [-0.05, 0) is 6.42 Å². The molecule has 2 unspecified atom stereocenters. The average molecular weight is 183 g/mol. The molecule has 0 spiro atoms. The molecule has 5 heteroatoms. The number of esters is 1. The van der Waals surface area contributed by atoms with E-state index in [1.165, 1.54) is 0 Å². The molecule has 0 saturated heterocycles. The Labute approximate surface area is 75.7 Å². The predicted octanol–water partition coefficient (Wildman–Crippen LogP) is 0.893. The van der Waals surface area contributed by atoms with E-state index in [1.807, 2.05) is 0 Å². The van der Waals surface area contributed by atoms with Crippen LogP contribution in [0.1, 0.15) is 25.7 Å². The summed E-state index contributed by atoms with van der Waals surface area (Å²) in [5, 5.41) is 8.29. The maximum absolute atomic E-state index is 11.0. The molecule has 0 aromatic carbocycles. The number of carbonyl (C=O) groups excluding carboxylic acids is 2. The van der Waals surface area contributed by atoms with Gasteiger partial charge < -0.3 is 9.53 Å². The van der Waals surface area contributed by atoms with Crippen molar-refractivity contribution in [1.82, 2.24) is 0 Å². The first kappa shape index (κ1) is 9.65. The van der Waals surface area contributed by atoms with Crippen molar-refractivity contribution in [2.45, 2.75) is 37.8 Å². The summed E-state index contributed by atoms with van der Waals surface area (Å²) in [5.41, 5.74) is 0. The van der Waals surface area contributed by atoms with Gasteiger partial charge >= 0.3 is 12.0 Å². The molecule has 0 N–H and O–H groups in total. The fourth-order valence-corrected chi connectivity index (χ4v) is 0.965. The van der Waals surface area contributed by atoms with Crippen molar-refractivity contribution >= 4 is 12.3 Å². The molecular formula is C8H11N2O3+. The lowest BCUT2D eigenvalue weighted by Crippen LogP contribution is -2.07. The molecular weight excluding hydrogens is 172 g/mol. The third-order valence-corrected chi connectivity index (χ3v) is 1.83. The van der Waals surface area contributed by atoms with Crippen LogP contribution in [0.15, 0.2) is 0 Å². The quantitative estimate of drug-likeness (QED) is 0.274. The van der Waals surface area contributed by atoms with Crippen LogP contribution in [0.2, 0.25) is 0 Å². The Bertz CT molecular complexity index is 246. The standard InChI is InChI=1S/C8H11N2O3/c9-10-6-5-7(6)13-8(12)3-1-2-4-11/h4,6-7H,1-3,5H2/q+1. The molecule has 0 radical (unpaired) electrons. The zero-order chi connectivity index (χ0) is 9.68. The molecule has 1 aliphatic rings. The van der Waals surface area contributed by atoms with Crippen LogP contribution in [0.25, 0.3) is 4.98 Å². The summed E-state index contributed by atoms with van der Waals surface area (Å²) in [6.45, 7) is 0. The van der Waals surface area contributed by atoms with Gasteiger partial charge in [-0.2, -0.15) is 0 Å². The van der Waals surface area contributed by atoms with Crippen molar-refractivity contribution in [3.8, 4) is 0 Å². The number of hydrogen-bond donors (Lipinski definition) is 0. The third-order valence-electron chi connectivity index (χ3n) is 1.83. The molecule has 0 aromatic heterocycles. The van der Waals surface area contributed by atoms with E-state index in [0.29, 0.717) is 19.3 Å². The second kappa shape index (κ2) is 4.55. The SMILES string of the molecule is N#[N+]C1CC1OC(=O)CCCC=O. The van der Waals surface area contributed by atoms with E-state index in [9.17, 15) is 9.59 Å². The first-order valence-corrected chi connectivity index (χ1v) is 4.25. The summed E-state index contributed by atoms with van der Waals surface area (Å²) in [6, 6.07) is -0.227. The van der Waals surface area contributed by atoms with E-state index in [4.69, 9.17) is 10.1 Å². The summed E-state index contributed by atoms with van der Waals surface area (Å²) in [4.78, 5) is 23.9. The Morgan fingerprint density at radius 1 is 1.69 bits per heavy atom. The zero-order valence-corrected chi connectivity index (χ0v) is 7.18. The van der Waals surface area contributed by atoms with Crippen LogP contribution in [0.4, 0.5) is 0 Å². The van der Waals surface area contributed by atoms with Gasteiger partial charge in [0, 0.05) is 12.8 Å². The minimum atomic E-state index is -0.321. The molecule has 1 fully saturated rings. The van der Waals surface area contributed by atoms with Gasteiger partial charge in [0.2, 0.25) is 5.39 Å². The van der Waals surface area contributed by atoms with Gasteiger partial charge in [-0.15, -0.1) is 0 Å². The number of diazo groups is 1. The lowest BCUT2D eigenvalue weighted by atomic mass is 10.2. The maximum atomic E-state index is 11.0. The van der Waals surface area contributed by atoms with Crippen molar-refractivity contribution < 1.29 is 14.3 Å². The number of ether oxygens (including phenoxy) is 1. The van der Waals surface area contributed by atoms with Crippen molar-refractivity contribution in [2.24, 2.45) is 0 Å². The highest BCUT2D eigenvalue weighted by Gasteiger charge is 2.53. The number of nitrogens with zero attached hydrogens (tertiary/aromatic N) is 2.